The minimum Gasteiger partial charge on any atom is -0.485 e. The summed E-state index contributed by atoms with van der Waals surface area (Å²) in [5.74, 6) is 0.883. The molecule has 1 atom stereocenters. The molecule has 0 N–H and O–H groups in total. The summed E-state index contributed by atoms with van der Waals surface area (Å²) < 4.78 is 6.29. The Morgan fingerprint density at radius 1 is 0.739 bits per heavy atom. The van der Waals surface area contributed by atoms with Crippen molar-refractivity contribution in [2.75, 3.05) is 0 Å². The van der Waals surface area contributed by atoms with Gasteiger partial charge in [0.1, 0.15) is 11.9 Å². The third-order valence-corrected chi connectivity index (χ3v) is 3.73. The molecule has 1 heteroatoms. The Kier molecular flexibility index (Phi) is 4.90. The van der Waals surface area contributed by atoms with E-state index in [0.29, 0.717) is 0 Å². The molecule has 0 radical (unpaired) electrons. The molecule has 1 nitrogen and oxygen atoms in total. The lowest BCUT2D eigenvalue weighted by atomic mass is 10.1. The second-order valence-corrected chi connectivity index (χ2v) is 5.46. The quantitative estimate of drug-likeness (QED) is 0.417. The van der Waals surface area contributed by atoms with Crippen LogP contribution in [0.2, 0.25) is 0 Å². The molecule has 0 aromatic heterocycles. The highest BCUT2D eigenvalue weighted by molar-refractivity contribution is 5.77. The Labute approximate surface area is 137 Å². The molecule has 0 aliphatic rings. The molecule has 0 spiro atoms. The van der Waals surface area contributed by atoms with Gasteiger partial charge in [-0.25, -0.2) is 0 Å². The zero-order valence-corrected chi connectivity index (χ0v) is 13.2. The Hall–Kier alpha value is -2.80. The second-order valence-electron chi connectivity index (χ2n) is 5.46. The zero-order valence-electron chi connectivity index (χ0n) is 13.2. The van der Waals surface area contributed by atoms with Crippen molar-refractivity contribution < 1.29 is 4.74 Å². The number of hydrogen-bond acceptors (Lipinski definition) is 1. The van der Waals surface area contributed by atoms with E-state index in [1.165, 1.54) is 5.56 Å². The highest BCUT2D eigenvalue weighted by atomic mass is 16.5. The van der Waals surface area contributed by atoms with Gasteiger partial charge in [0.25, 0.3) is 0 Å². The molecule has 0 fully saturated rings. The van der Waals surface area contributed by atoms with Crippen molar-refractivity contribution in [2.45, 2.75) is 13.0 Å². The van der Waals surface area contributed by atoms with Crippen LogP contribution in [-0.2, 0) is 4.74 Å². The van der Waals surface area contributed by atoms with Crippen molar-refractivity contribution in [1.29, 1.82) is 0 Å². The molecule has 114 valence electrons. The molecule has 0 saturated heterocycles. The van der Waals surface area contributed by atoms with Crippen LogP contribution in [0.4, 0.5) is 0 Å². The second kappa shape index (κ2) is 7.46. The minimum atomic E-state index is -0.00799. The molecule has 0 saturated carbocycles. The lowest BCUT2D eigenvalue weighted by Gasteiger charge is -2.18. The van der Waals surface area contributed by atoms with Crippen molar-refractivity contribution in [1.82, 2.24) is 0 Å². The Bertz CT molecular complexity index is 746. The molecule has 0 heterocycles. The SMILES string of the molecule is CC(O/C(=C\c1ccccc1)c1ccccc1)c1ccccc1. The van der Waals surface area contributed by atoms with Crippen LogP contribution in [0.3, 0.4) is 0 Å². The number of hydrogen-bond donors (Lipinski definition) is 0. The summed E-state index contributed by atoms with van der Waals surface area (Å²) in [6.45, 7) is 2.08. The monoisotopic (exact) mass is 300 g/mol. The average molecular weight is 300 g/mol. The average Bonchev–Trinajstić information content (AvgIpc) is 2.63. The maximum atomic E-state index is 6.29. The standard InChI is InChI=1S/C22H20O/c1-18(20-13-7-3-8-14-20)23-22(21-15-9-4-10-16-21)17-19-11-5-2-6-12-19/h2-18H,1H3/b22-17-. The van der Waals surface area contributed by atoms with Crippen LogP contribution in [0.5, 0.6) is 0 Å². The van der Waals surface area contributed by atoms with E-state index in [1.807, 2.05) is 54.6 Å². The van der Waals surface area contributed by atoms with E-state index in [9.17, 15) is 0 Å². The molecular formula is C22H20O. The van der Waals surface area contributed by atoms with Gasteiger partial charge in [-0.1, -0.05) is 91.0 Å². The van der Waals surface area contributed by atoms with Crippen LogP contribution < -0.4 is 0 Å². The molecule has 3 rings (SSSR count). The van der Waals surface area contributed by atoms with Crippen molar-refractivity contribution in [3.05, 3.63) is 108 Å². The van der Waals surface area contributed by atoms with Gasteiger partial charge in [0.2, 0.25) is 0 Å². The summed E-state index contributed by atoms with van der Waals surface area (Å²) in [5.41, 5.74) is 3.38. The van der Waals surface area contributed by atoms with E-state index < -0.39 is 0 Å². The fourth-order valence-electron chi connectivity index (χ4n) is 2.47. The molecular weight excluding hydrogens is 280 g/mol. The maximum absolute atomic E-state index is 6.29. The molecule has 23 heavy (non-hydrogen) atoms. The molecule has 1 unspecified atom stereocenters. The molecule has 0 amide bonds. The summed E-state index contributed by atoms with van der Waals surface area (Å²) in [6.07, 6.45) is 2.08. The Morgan fingerprint density at radius 3 is 1.87 bits per heavy atom. The first-order valence-electron chi connectivity index (χ1n) is 7.87. The first-order valence-corrected chi connectivity index (χ1v) is 7.87. The summed E-state index contributed by atoms with van der Waals surface area (Å²) in [6, 6.07) is 30.8. The highest BCUT2D eigenvalue weighted by Crippen LogP contribution is 2.27. The van der Waals surface area contributed by atoms with Gasteiger partial charge in [0, 0.05) is 5.56 Å². The van der Waals surface area contributed by atoms with Crippen molar-refractivity contribution in [3.8, 4) is 0 Å². The summed E-state index contributed by atoms with van der Waals surface area (Å²) in [4.78, 5) is 0. The molecule has 3 aromatic rings. The fraction of sp³-hybridized carbons (Fsp3) is 0.0909. The van der Waals surface area contributed by atoms with Crippen LogP contribution in [0.25, 0.3) is 11.8 Å². The lowest BCUT2D eigenvalue weighted by Crippen LogP contribution is -2.00. The summed E-state index contributed by atoms with van der Waals surface area (Å²) >= 11 is 0. The van der Waals surface area contributed by atoms with E-state index in [0.717, 1.165) is 16.9 Å². The van der Waals surface area contributed by atoms with Crippen LogP contribution >= 0.6 is 0 Å². The van der Waals surface area contributed by atoms with Gasteiger partial charge < -0.3 is 4.74 Å². The zero-order chi connectivity index (χ0) is 15.9. The topological polar surface area (TPSA) is 9.23 Å². The van der Waals surface area contributed by atoms with Gasteiger partial charge >= 0.3 is 0 Å². The van der Waals surface area contributed by atoms with Crippen LogP contribution in [-0.4, -0.2) is 0 Å². The molecule has 0 aliphatic heterocycles. The summed E-state index contributed by atoms with van der Waals surface area (Å²) in [5, 5.41) is 0. The highest BCUT2D eigenvalue weighted by Gasteiger charge is 2.10. The number of rotatable bonds is 5. The fourth-order valence-corrected chi connectivity index (χ4v) is 2.47. The normalized spacial score (nSPS) is 12.7. The maximum Gasteiger partial charge on any atom is 0.128 e. The van der Waals surface area contributed by atoms with Gasteiger partial charge in [0.15, 0.2) is 0 Å². The number of benzene rings is 3. The van der Waals surface area contributed by atoms with E-state index >= 15 is 0 Å². The predicted octanol–water partition coefficient (Wildman–Crippen LogP) is 5.96. The third kappa shape index (κ3) is 4.10. The third-order valence-electron chi connectivity index (χ3n) is 3.73. The summed E-state index contributed by atoms with van der Waals surface area (Å²) in [7, 11) is 0. The van der Waals surface area contributed by atoms with Gasteiger partial charge in [-0.15, -0.1) is 0 Å². The molecule has 3 aromatic carbocycles. The van der Waals surface area contributed by atoms with E-state index in [1.54, 1.807) is 0 Å². The Balaban J connectivity index is 1.91. The van der Waals surface area contributed by atoms with Crippen LogP contribution in [0.1, 0.15) is 29.7 Å². The smallest absolute Gasteiger partial charge is 0.128 e. The molecule has 0 aliphatic carbocycles. The Morgan fingerprint density at radius 2 is 1.26 bits per heavy atom. The first kappa shape index (κ1) is 15.1. The number of ether oxygens (including phenoxy) is 1. The van der Waals surface area contributed by atoms with Crippen molar-refractivity contribution >= 4 is 11.8 Å². The van der Waals surface area contributed by atoms with Crippen molar-refractivity contribution in [2.24, 2.45) is 0 Å². The lowest BCUT2D eigenvalue weighted by molar-refractivity contribution is 0.190. The van der Waals surface area contributed by atoms with Gasteiger partial charge in [-0.05, 0) is 24.1 Å². The van der Waals surface area contributed by atoms with Crippen molar-refractivity contribution in [3.63, 3.8) is 0 Å². The van der Waals surface area contributed by atoms with Gasteiger partial charge in [-0.2, -0.15) is 0 Å². The van der Waals surface area contributed by atoms with E-state index in [-0.39, 0.29) is 6.10 Å². The van der Waals surface area contributed by atoms with Gasteiger partial charge in [-0.3, -0.25) is 0 Å². The first-order chi connectivity index (χ1) is 11.3. The van der Waals surface area contributed by atoms with Gasteiger partial charge in [0.05, 0.1) is 0 Å². The minimum absolute atomic E-state index is 0.00799. The van der Waals surface area contributed by atoms with Crippen LogP contribution in [0, 0.1) is 0 Å². The largest absolute Gasteiger partial charge is 0.485 e. The van der Waals surface area contributed by atoms with E-state index in [4.69, 9.17) is 4.74 Å². The molecule has 0 bridgehead atoms. The van der Waals surface area contributed by atoms with Crippen LogP contribution in [0.15, 0.2) is 91.0 Å². The van der Waals surface area contributed by atoms with E-state index in [2.05, 4.69) is 49.4 Å². The predicted molar refractivity (Wildman–Crippen MR) is 96.7 cm³/mol.